The highest BCUT2D eigenvalue weighted by Gasteiger charge is 2.15. The van der Waals surface area contributed by atoms with Crippen molar-refractivity contribution in [2.75, 3.05) is 13.7 Å². The molecule has 0 fully saturated rings. The molecule has 5 heteroatoms. The van der Waals surface area contributed by atoms with E-state index in [0.717, 1.165) is 10.9 Å². The van der Waals surface area contributed by atoms with E-state index in [-0.39, 0.29) is 12.4 Å². The third-order valence-electron chi connectivity index (χ3n) is 2.64. The number of ether oxygens (including phenoxy) is 2. The summed E-state index contributed by atoms with van der Waals surface area (Å²) in [5, 5.41) is 10.1. The second-order valence-corrected chi connectivity index (χ2v) is 5.08. The first-order valence-electron chi connectivity index (χ1n) is 6.25. The molecule has 106 valence electrons. The summed E-state index contributed by atoms with van der Waals surface area (Å²) in [7, 11) is 1.55. The molecular formula is C14H19BrO4. The van der Waals surface area contributed by atoms with E-state index in [1.165, 1.54) is 0 Å². The minimum absolute atomic E-state index is 0.191. The lowest BCUT2D eigenvalue weighted by Gasteiger charge is -2.15. The van der Waals surface area contributed by atoms with Crippen molar-refractivity contribution in [2.45, 2.75) is 32.3 Å². The predicted octanol–water partition coefficient (Wildman–Crippen LogP) is 3.22. The smallest absolute Gasteiger partial charge is 0.305 e. The maximum Gasteiger partial charge on any atom is 0.305 e. The number of carbonyl (C=O) groups is 1. The quantitative estimate of drug-likeness (QED) is 0.780. The summed E-state index contributed by atoms with van der Waals surface area (Å²) in [4.78, 5) is 11.4. The Balaban J connectivity index is 2.60. The summed E-state index contributed by atoms with van der Waals surface area (Å²) in [6, 6.07) is 5.41. The maximum atomic E-state index is 11.4. The van der Waals surface area contributed by atoms with E-state index < -0.39 is 6.10 Å². The lowest BCUT2D eigenvalue weighted by Crippen LogP contribution is -2.08. The number of halogens is 1. The van der Waals surface area contributed by atoms with E-state index in [1.807, 2.05) is 13.0 Å². The molecule has 0 saturated carbocycles. The molecule has 0 spiro atoms. The van der Waals surface area contributed by atoms with Crippen molar-refractivity contribution < 1.29 is 19.4 Å². The van der Waals surface area contributed by atoms with E-state index in [2.05, 4.69) is 15.9 Å². The molecule has 0 aliphatic heterocycles. The van der Waals surface area contributed by atoms with Gasteiger partial charge in [0.25, 0.3) is 0 Å². The van der Waals surface area contributed by atoms with Crippen LogP contribution in [0.4, 0.5) is 0 Å². The van der Waals surface area contributed by atoms with Gasteiger partial charge < -0.3 is 14.6 Å². The molecule has 0 aromatic heterocycles. The maximum absolute atomic E-state index is 11.4. The molecule has 4 nitrogen and oxygen atoms in total. The van der Waals surface area contributed by atoms with Crippen LogP contribution in [0.2, 0.25) is 0 Å². The number of aliphatic hydroxyl groups is 1. The molecule has 19 heavy (non-hydrogen) atoms. The standard InChI is InChI=1S/C14H19BrO4/c1-3-8-19-14(17)7-5-12(16)11-9-10(15)4-6-13(11)18-2/h4,6,9,12,16H,3,5,7-8H2,1-2H3. The van der Waals surface area contributed by atoms with Gasteiger partial charge in [-0.25, -0.2) is 0 Å². The predicted molar refractivity (Wildman–Crippen MR) is 76.1 cm³/mol. The number of rotatable bonds is 7. The summed E-state index contributed by atoms with van der Waals surface area (Å²) < 4.78 is 11.0. The number of carbonyl (C=O) groups excluding carboxylic acids is 1. The van der Waals surface area contributed by atoms with Crippen LogP contribution in [0.1, 0.15) is 37.9 Å². The first-order valence-corrected chi connectivity index (χ1v) is 7.05. The minimum Gasteiger partial charge on any atom is -0.496 e. The van der Waals surface area contributed by atoms with Crippen molar-refractivity contribution in [3.05, 3.63) is 28.2 Å². The minimum atomic E-state index is -0.748. The van der Waals surface area contributed by atoms with Gasteiger partial charge in [0.1, 0.15) is 5.75 Å². The van der Waals surface area contributed by atoms with Crippen LogP contribution in [0.3, 0.4) is 0 Å². The molecule has 1 atom stereocenters. The Morgan fingerprint density at radius 1 is 1.47 bits per heavy atom. The van der Waals surface area contributed by atoms with Crippen LogP contribution in [0, 0.1) is 0 Å². The van der Waals surface area contributed by atoms with Gasteiger partial charge in [0.15, 0.2) is 0 Å². The number of hydrogen-bond acceptors (Lipinski definition) is 4. The van der Waals surface area contributed by atoms with Gasteiger partial charge in [-0.3, -0.25) is 4.79 Å². The molecule has 0 radical (unpaired) electrons. The second kappa shape index (κ2) is 8.17. The van der Waals surface area contributed by atoms with E-state index in [1.54, 1.807) is 19.2 Å². The van der Waals surface area contributed by atoms with Crippen molar-refractivity contribution >= 4 is 21.9 Å². The molecule has 0 aliphatic carbocycles. The second-order valence-electron chi connectivity index (χ2n) is 4.16. The Morgan fingerprint density at radius 2 is 2.21 bits per heavy atom. The van der Waals surface area contributed by atoms with Crippen LogP contribution in [0.5, 0.6) is 5.75 Å². The SMILES string of the molecule is CCCOC(=O)CCC(O)c1cc(Br)ccc1OC. The van der Waals surface area contributed by atoms with Crippen LogP contribution in [-0.2, 0) is 9.53 Å². The van der Waals surface area contributed by atoms with Gasteiger partial charge in [-0.1, -0.05) is 22.9 Å². The zero-order chi connectivity index (χ0) is 14.3. The molecule has 1 N–H and O–H groups in total. The summed E-state index contributed by atoms with van der Waals surface area (Å²) in [6.45, 7) is 2.36. The zero-order valence-electron chi connectivity index (χ0n) is 11.2. The normalized spacial score (nSPS) is 12.0. The Kier molecular flexibility index (Phi) is 6.87. The first kappa shape index (κ1) is 16.0. The van der Waals surface area contributed by atoms with Crippen molar-refractivity contribution in [2.24, 2.45) is 0 Å². The molecule has 1 aromatic rings. The fourth-order valence-electron chi connectivity index (χ4n) is 1.66. The van der Waals surface area contributed by atoms with Crippen molar-refractivity contribution in [1.29, 1.82) is 0 Å². The van der Waals surface area contributed by atoms with E-state index >= 15 is 0 Å². The lowest BCUT2D eigenvalue weighted by molar-refractivity contribution is -0.144. The first-order chi connectivity index (χ1) is 9.08. The van der Waals surface area contributed by atoms with E-state index in [4.69, 9.17) is 9.47 Å². The monoisotopic (exact) mass is 330 g/mol. The van der Waals surface area contributed by atoms with Gasteiger partial charge >= 0.3 is 5.97 Å². The molecular weight excluding hydrogens is 312 g/mol. The Labute approximate surface area is 121 Å². The number of hydrogen-bond donors (Lipinski definition) is 1. The van der Waals surface area contributed by atoms with E-state index in [0.29, 0.717) is 24.3 Å². The molecule has 1 rings (SSSR count). The Bertz CT molecular complexity index is 420. The van der Waals surface area contributed by atoms with Gasteiger partial charge in [-0.15, -0.1) is 0 Å². The van der Waals surface area contributed by atoms with Crippen LogP contribution in [0.15, 0.2) is 22.7 Å². The van der Waals surface area contributed by atoms with Crippen LogP contribution in [-0.4, -0.2) is 24.8 Å². The average Bonchev–Trinajstić information content (AvgIpc) is 2.42. The van der Waals surface area contributed by atoms with Gasteiger partial charge in [-0.2, -0.15) is 0 Å². The summed E-state index contributed by atoms with van der Waals surface area (Å²) in [5.74, 6) is 0.326. The fourth-order valence-corrected chi connectivity index (χ4v) is 2.04. The molecule has 0 heterocycles. The van der Waals surface area contributed by atoms with Gasteiger partial charge in [-0.05, 0) is 31.0 Å². The molecule has 1 unspecified atom stereocenters. The highest BCUT2D eigenvalue weighted by molar-refractivity contribution is 9.10. The molecule has 0 bridgehead atoms. The largest absolute Gasteiger partial charge is 0.496 e. The van der Waals surface area contributed by atoms with Crippen molar-refractivity contribution in [3.63, 3.8) is 0 Å². The summed E-state index contributed by atoms with van der Waals surface area (Å²) >= 11 is 3.35. The number of aliphatic hydroxyl groups excluding tert-OH is 1. The number of benzene rings is 1. The molecule has 0 aliphatic rings. The number of methoxy groups -OCH3 is 1. The lowest BCUT2D eigenvalue weighted by atomic mass is 10.0. The van der Waals surface area contributed by atoms with Crippen LogP contribution in [0.25, 0.3) is 0 Å². The fraction of sp³-hybridized carbons (Fsp3) is 0.500. The van der Waals surface area contributed by atoms with E-state index in [9.17, 15) is 9.90 Å². The Hall–Kier alpha value is -1.07. The molecule has 0 amide bonds. The van der Waals surface area contributed by atoms with Crippen molar-refractivity contribution in [1.82, 2.24) is 0 Å². The third kappa shape index (κ3) is 5.20. The van der Waals surface area contributed by atoms with Crippen LogP contribution >= 0.6 is 15.9 Å². The average molecular weight is 331 g/mol. The topological polar surface area (TPSA) is 55.8 Å². The summed E-state index contributed by atoms with van der Waals surface area (Å²) in [5.41, 5.74) is 0.667. The summed E-state index contributed by atoms with van der Waals surface area (Å²) in [6.07, 6.45) is 0.557. The Morgan fingerprint density at radius 3 is 2.84 bits per heavy atom. The van der Waals surface area contributed by atoms with Crippen molar-refractivity contribution in [3.8, 4) is 5.75 Å². The van der Waals surface area contributed by atoms with Gasteiger partial charge in [0, 0.05) is 16.5 Å². The highest BCUT2D eigenvalue weighted by Crippen LogP contribution is 2.30. The van der Waals surface area contributed by atoms with Gasteiger partial charge in [0.2, 0.25) is 0 Å². The third-order valence-corrected chi connectivity index (χ3v) is 3.13. The van der Waals surface area contributed by atoms with Crippen LogP contribution < -0.4 is 4.74 Å². The van der Waals surface area contributed by atoms with Gasteiger partial charge in [0.05, 0.1) is 19.8 Å². The number of esters is 1. The molecule has 1 aromatic carbocycles. The zero-order valence-corrected chi connectivity index (χ0v) is 12.8. The highest BCUT2D eigenvalue weighted by atomic mass is 79.9. The molecule has 0 saturated heterocycles.